The molecule has 0 fully saturated rings. The minimum atomic E-state index is -3.31. The van der Waals surface area contributed by atoms with E-state index in [0.717, 1.165) is 0 Å². The van der Waals surface area contributed by atoms with E-state index in [4.69, 9.17) is 0 Å². The van der Waals surface area contributed by atoms with Crippen molar-refractivity contribution in [2.75, 3.05) is 0 Å². The molecule has 0 aromatic heterocycles. The summed E-state index contributed by atoms with van der Waals surface area (Å²) in [6.07, 6.45) is -2.17. The van der Waals surface area contributed by atoms with Gasteiger partial charge < -0.3 is 0 Å². The van der Waals surface area contributed by atoms with Gasteiger partial charge in [0.05, 0.1) is 0 Å². The lowest BCUT2D eigenvalue weighted by Gasteiger charge is -1.97. The Hall–Kier alpha value is -0.190. The lowest BCUT2D eigenvalue weighted by molar-refractivity contribution is 0.270. The third kappa shape index (κ3) is 2.20. The minimum absolute atomic E-state index is 2.17. The highest BCUT2D eigenvalue weighted by Gasteiger charge is 2.16. The largest absolute Gasteiger partial charge is 0.243 e. The van der Waals surface area contributed by atoms with Gasteiger partial charge in [0.25, 0.3) is 0 Å². The Balaban J connectivity index is 3.83. The molecular weight excluding hydrogens is 138 g/mol. The van der Waals surface area contributed by atoms with Crippen LogP contribution < -0.4 is 0 Å². The Morgan fingerprint density at radius 3 is 1.75 bits per heavy atom. The molecular formula is C3H5F2O2S. The molecule has 2 atom stereocenters. The fourth-order valence-electron chi connectivity index (χ4n) is 0.132. The SMILES string of the molecule is [CH2]C(F)C(F)[SH](=O)=O. The summed E-state index contributed by atoms with van der Waals surface area (Å²) in [6.45, 7) is 2.53. The first kappa shape index (κ1) is 7.81. The van der Waals surface area contributed by atoms with Crippen molar-refractivity contribution in [3.63, 3.8) is 0 Å². The summed E-state index contributed by atoms with van der Waals surface area (Å²) in [4.78, 5) is 0. The van der Waals surface area contributed by atoms with Crippen LogP contribution in [0, 0.1) is 6.92 Å². The van der Waals surface area contributed by atoms with Crippen molar-refractivity contribution in [1.82, 2.24) is 0 Å². The summed E-state index contributed by atoms with van der Waals surface area (Å²) in [5.41, 5.74) is -2.45. The van der Waals surface area contributed by atoms with Crippen LogP contribution in [0.1, 0.15) is 0 Å². The summed E-state index contributed by atoms with van der Waals surface area (Å²) >= 11 is 0. The van der Waals surface area contributed by atoms with E-state index >= 15 is 0 Å². The Bertz CT molecular complexity index is 123. The number of hydrogen-bond acceptors (Lipinski definition) is 2. The van der Waals surface area contributed by atoms with Crippen LogP contribution in [-0.4, -0.2) is 20.1 Å². The van der Waals surface area contributed by atoms with E-state index in [0.29, 0.717) is 0 Å². The van der Waals surface area contributed by atoms with E-state index in [9.17, 15) is 17.2 Å². The first-order valence-corrected chi connectivity index (χ1v) is 3.05. The lowest BCUT2D eigenvalue weighted by atomic mass is 10.5. The molecule has 0 heterocycles. The summed E-state index contributed by atoms with van der Waals surface area (Å²) in [7, 11) is -3.31. The average molecular weight is 143 g/mol. The van der Waals surface area contributed by atoms with Gasteiger partial charge in [0.2, 0.25) is 5.50 Å². The van der Waals surface area contributed by atoms with Crippen LogP contribution in [0.15, 0.2) is 0 Å². The molecule has 0 saturated heterocycles. The van der Waals surface area contributed by atoms with Crippen molar-refractivity contribution in [2.24, 2.45) is 0 Å². The predicted molar refractivity (Wildman–Crippen MR) is 25.5 cm³/mol. The first-order chi connectivity index (χ1) is 3.55. The number of alkyl halides is 2. The second-order valence-electron chi connectivity index (χ2n) is 1.17. The monoisotopic (exact) mass is 143 g/mol. The highest BCUT2D eigenvalue weighted by atomic mass is 32.2. The molecule has 2 unspecified atom stereocenters. The maximum absolute atomic E-state index is 11.6. The third-order valence-electron chi connectivity index (χ3n) is 0.500. The summed E-state index contributed by atoms with van der Waals surface area (Å²) in [5.74, 6) is 0. The van der Waals surface area contributed by atoms with Crippen LogP contribution in [0.25, 0.3) is 0 Å². The van der Waals surface area contributed by atoms with E-state index < -0.39 is 22.4 Å². The molecule has 0 aliphatic heterocycles. The number of thiol groups is 1. The zero-order valence-corrected chi connectivity index (χ0v) is 4.78. The van der Waals surface area contributed by atoms with Crippen LogP contribution in [0.4, 0.5) is 8.78 Å². The summed E-state index contributed by atoms with van der Waals surface area (Å²) in [5, 5.41) is 0. The van der Waals surface area contributed by atoms with Crippen molar-refractivity contribution >= 4 is 10.7 Å². The quantitative estimate of drug-likeness (QED) is 0.555. The molecule has 0 spiro atoms. The Kier molecular flexibility index (Phi) is 2.89. The molecule has 1 radical (unpaired) electrons. The van der Waals surface area contributed by atoms with E-state index in [1.165, 1.54) is 0 Å². The van der Waals surface area contributed by atoms with Gasteiger partial charge in [-0.05, 0) is 6.92 Å². The van der Waals surface area contributed by atoms with E-state index in [1.807, 2.05) is 0 Å². The number of halogens is 2. The Morgan fingerprint density at radius 2 is 1.75 bits per heavy atom. The van der Waals surface area contributed by atoms with Gasteiger partial charge in [0.15, 0.2) is 10.7 Å². The molecule has 0 bridgehead atoms. The number of hydrogen-bond donors (Lipinski definition) is 1. The molecule has 5 heteroatoms. The second kappa shape index (κ2) is 2.96. The Labute approximate surface area is 47.5 Å². The molecule has 0 aliphatic carbocycles. The van der Waals surface area contributed by atoms with Crippen LogP contribution >= 0.6 is 0 Å². The highest BCUT2D eigenvalue weighted by Crippen LogP contribution is 2.01. The van der Waals surface area contributed by atoms with Crippen molar-refractivity contribution < 1.29 is 17.2 Å². The maximum atomic E-state index is 11.6. The second-order valence-corrected chi connectivity index (χ2v) is 2.24. The van der Waals surface area contributed by atoms with Gasteiger partial charge in [-0.3, -0.25) is 0 Å². The van der Waals surface area contributed by atoms with Gasteiger partial charge in [-0.2, -0.15) is 0 Å². The normalized spacial score (nSPS) is 18.5. The first-order valence-electron chi connectivity index (χ1n) is 1.80. The smallest absolute Gasteiger partial charge is 0.229 e. The zero-order valence-electron chi connectivity index (χ0n) is 3.88. The van der Waals surface area contributed by atoms with Crippen LogP contribution in [-0.2, 0) is 10.7 Å². The summed E-state index contributed by atoms with van der Waals surface area (Å²) in [6, 6.07) is 0. The molecule has 2 nitrogen and oxygen atoms in total. The minimum Gasteiger partial charge on any atom is -0.243 e. The van der Waals surface area contributed by atoms with Crippen molar-refractivity contribution in [2.45, 2.75) is 11.7 Å². The third-order valence-corrected chi connectivity index (χ3v) is 1.23. The predicted octanol–water partition coefficient (Wildman–Crippen LogP) is 0.0656. The van der Waals surface area contributed by atoms with E-state index in [1.54, 1.807) is 0 Å². The fourth-order valence-corrected chi connectivity index (χ4v) is 0.396. The molecule has 0 amide bonds. The molecule has 0 aromatic carbocycles. The van der Waals surface area contributed by atoms with Crippen LogP contribution in [0.2, 0.25) is 0 Å². The maximum Gasteiger partial charge on any atom is 0.229 e. The highest BCUT2D eigenvalue weighted by molar-refractivity contribution is 7.73. The molecule has 0 aromatic rings. The van der Waals surface area contributed by atoms with Crippen molar-refractivity contribution in [1.29, 1.82) is 0 Å². The molecule has 0 N–H and O–H groups in total. The molecule has 49 valence electrons. The van der Waals surface area contributed by atoms with Gasteiger partial charge >= 0.3 is 0 Å². The fraction of sp³-hybridized carbons (Fsp3) is 0.667. The van der Waals surface area contributed by atoms with Crippen molar-refractivity contribution in [3.8, 4) is 0 Å². The Morgan fingerprint density at radius 1 is 1.38 bits per heavy atom. The standard InChI is InChI=1S/C3H5F2O2S/c1-2(4)3(5)8(6)7/h2-3,8H,1H2. The van der Waals surface area contributed by atoms with E-state index in [2.05, 4.69) is 6.92 Å². The van der Waals surface area contributed by atoms with Gasteiger partial charge in [0.1, 0.15) is 6.17 Å². The molecule has 8 heavy (non-hydrogen) atoms. The van der Waals surface area contributed by atoms with Gasteiger partial charge in [-0.25, -0.2) is 17.2 Å². The number of rotatable bonds is 2. The van der Waals surface area contributed by atoms with E-state index in [-0.39, 0.29) is 0 Å². The zero-order chi connectivity index (χ0) is 6.73. The molecule has 0 aliphatic rings. The van der Waals surface area contributed by atoms with Crippen LogP contribution in [0.3, 0.4) is 0 Å². The topological polar surface area (TPSA) is 34.1 Å². The van der Waals surface area contributed by atoms with Crippen LogP contribution in [0.5, 0.6) is 0 Å². The molecule has 0 rings (SSSR count). The summed E-state index contributed by atoms with van der Waals surface area (Å²) < 4.78 is 42.1. The lowest BCUT2D eigenvalue weighted by Crippen LogP contribution is -2.14. The van der Waals surface area contributed by atoms with Gasteiger partial charge in [0, 0.05) is 0 Å². The average Bonchev–Trinajstić information content (AvgIpc) is 1.64. The molecule has 0 saturated carbocycles. The van der Waals surface area contributed by atoms with Gasteiger partial charge in [-0.15, -0.1) is 0 Å². The van der Waals surface area contributed by atoms with Gasteiger partial charge in [-0.1, -0.05) is 0 Å². The van der Waals surface area contributed by atoms with Crippen molar-refractivity contribution in [3.05, 3.63) is 6.92 Å².